The van der Waals surface area contributed by atoms with Crippen molar-refractivity contribution in [3.8, 4) is 5.75 Å². The highest BCUT2D eigenvalue weighted by atomic mass is 16.6. The fourth-order valence-electron chi connectivity index (χ4n) is 2.79. The second-order valence-corrected chi connectivity index (χ2v) is 7.55. The molecule has 0 radical (unpaired) electrons. The minimum Gasteiger partial charge on any atom is -0.494 e. The summed E-state index contributed by atoms with van der Waals surface area (Å²) in [4.78, 5) is 26.0. The van der Waals surface area contributed by atoms with Crippen molar-refractivity contribution in [1.29, 1.82) is 0 Å². The molecule has 0 unspecified atom stereocenters. The smallest absolute Gasteiger partial charge is 0.410 e. The van der Waals surface area contributed by atoms with Crippen LogP contribution in [0.2, 0.25) is 0 Å². The number of piperidine rings is 1. The van der Waals surface area contributed by atoms with Gasteiger partial charge in [-0.3, -0.25) is 4.79 Å². The summed E-state index contributed by atoms with van der Waals surface area (Å²) in [5.41, 5.74) is -0.493. The predicted octanol–water partition coefficient (Wildman–Crippen LogP) is 3.22. The first-order valence-corrected chi connectivity index (χ1v) is 9.28. The van der Waals surface area contributed by atoms with Crippen molar-refractivity contribution in [2.75, 3.05) is 26.2 Å². The lowest BCUT2D eigenvalue weighted by molar-refractivity contribution is -0.126. The Morgan fingerprint density at radius 1 is 1.15 bits per heavy atom. The van der Waals surface area contributed by atoms with Gasteiger partial charge in [0.15, 0.2) is 0 Å². The molecule has 1 N–H and O–H groups in total. The lowest BCUT2D eigenvalue weighted by Gasteiger charge is -2.32. The summed E-state index contributed by atoms with van der Waals surface area (Å²) in [5, 5.41) is 2.97. The Bertz CT molecular complexity index is 575. The van der Waals surface area contributed by atoms with E-state index < -0.39 is 5.60 Å². The van der Waals surface area contributed by atoms with Gasteiger partial charge in [0, 0.05) is 25.6 Å². The molecule has 0 aliphatic carbocycles. The van der Waals surface area contributed by atoms with Crippen LogP contribution in [0.3, 0.4) is 0 Å². The molecule has 26 heavy (non-hydrogen) atoms. The van der Waals surface area contributed by atoms with Crippen molar-refractivity contribution in [1.82, 2.24) is 10.2 Å². The number of likely N-dealkylation sites (tertiary alicyclic amines) is 1. The number of rotatable bonds is 6. The van der Waals surface area contributed by atoms with Crippen LogP contribution in [0.4, 0.5) is 4.79 Å². The van der Waals surface area contributed by atoms with E-state index in [2.05, 4.69) is 5.32 Å². The van der Waals surface area contributed by atoms with Gasteiger partial charge in [0.2, 0.25) is 5.91 Å². The van der Waals surface area contributed by atoms with Crippen molar-refractivity contribution in [2.24, 2.45) is 5.92 Å². The van der Waals surface area contributed by atoms with Crippen LogP contribution >= 0.6 is 0 Å². The lowest BCUT2D eigenvalue weighted by atomic mass is 9.96. The van der Waals surface area contributed by atoms with Gasteiger partial charge >= 0.3 is 6.09 Å². The van der Waals surface area contributed by atoms with Crippen molar-refractivity contribution >= 4 is 12.0 Å². The Morgan fingerprint density at radius 2 is 1.81 bits per heavy atom. The molecule has 6 nitrogen and oxygen atoms in total. The van der Waals surface area contributed by atoms with E-state index >= 15 is 0 Å². The molecule has 6 heteroatoms. The van der Waals surface area contributed by atoms with E-state index in [0.29, 0.717) is 39.1 Å². The number of hydrogen-bond donors (Lipinski definition) is 1. The van der Waals surface area contributed by atoms with Crippen molar-refractivity contribution in [2.45, 2.75) is 45.6 Å². The molecule has 2 rings (SSSR count). The monoisotopic (exact) mass is 362 g/mol. The highest BCUT2D eigenvalue weighted by Gasteiger charge is 2.29. The van der Waals surface area contributed by atoms with Crippen LogP contribution < -0.4 is 10.1 Å². The minimum absolute atomic E-state index is 0.0382. The van der Waals surface area contributed by atoms with Crippen LogP contribution in [0.1, 0.15) is 40.0 Å². The number of para-hydroxylation sites is 1. The third-order valence-corrected chi connectivity index (χ3v) is 4.15. The zero-order valence-electron chi connectivity index (χ0n) is 16.0. The summed E-state index contributed by atoms with van der Waals surface area (Å²) in [6.45, 7) is 7.85. The van der Waals surface area contributed by atoms with Crippen LogP contribution in [-0.4, -0.2) is 48.7 Å². The number of nitrogens with one attached hydrogen (secondary N) is 1. The SMILES string of the molecule is CC(C)(C)OC(=O)N1CCC(C(=O)NCCCOc2ccccc2)CC1. The molecule has 1 heterocycles. The number of carbonyl (C=O) groups excluding carboxylic acids is 2. The molecule has 144 valence electrons. The molecule has 1 aromatic carbocycles. The second-order valence-electron chi connectivity index (χ2n) is 7.55. The molecule has 1 aromatic rings. The number of amides is 2. The standard InChI is InChI=1S/C20H30N2O4/c1-20(2,3)26-19(24)22-13-10-16(11-14-22)18(23)21-12-7-15-25-17-8-5-4-6-9-17/h4-6,8-9,16H,7,10-15H2,1-3H3,(H,21,23). The molecule has 1 fully saturated rings. The Hall–Kier alpha value is -2.24. The average Bonchev–Trinajstić information content (AvgIpc) is 2.61. The third kappa shape index (κ3) is 6.94. The number of nitrogens with zero attached hydrogens (tertiary/aromatic N) is 1. The molecule has 0 saturated carbocycles. The van der Waals surface area contributed by atoms with Gasteiger partial charge in [0.25, 0.3) is 0 Å². The maximum atomic E-state index is 12.2. The number of benzene rings is 1. The first-order valence-electron chi connectivity index (χ1n) is 9.28. The van der Waals surface area contributed by atoms with Crippen molar-refractivity contribution in [3.05, 3.63) is 30.3 Å². The van der Waals surface area contributed by atoms with Gasteiger partial charge in [-0.1, -0.05) is 18.2 Å². The van der Waals surface area contributed by atoms with Crippen molar-refractivity contribution in [3.63, 3.8) is 0 Å². The summed E-state index contributed by atoms with van der Waals surface area (Å²) in [5.74, 6) is 0.866. The van der Waals surface area contributed by atoms with Crippen LogP contribution in [0.15, 0.2) is 30.3 Å². The van der Waals surface area contributed by atoms with Gasteiger partial charge < -0.3 is 19.7 Å². The third-order valence-electron chi connectivity index (χ3n) is 4.15. The lowest BCUT2D eigenvalue weighted by Crippen LogP contribution is -2.45. The molecular formula is C20H30N2O4. The average molecular weight is 362 g/mol. The maximum Gasteiger partial charge on any atom is 0.410 e. The highest BCUT2D eigenvalue weighted by Crippen LogP contribution is 2.19. The van der Waals surface area contributed by atoms with E-state index in [-0.39, 0.29) is 17.9 Å². The Kier molecular flexibility index (Phi) is 7.30. The minimum atomic E-state index is -0.493. The molecule has 0 bridgehead atoms. The molecule has 1 aliphatic heterocycles. The van der Waals surface area contributed by atoms with Crippen LogP contribution in [0.5, 0.6) is 5.75 Å². The molecule has 0 spiro atoms. The fraction of sp³-hybridized carbons (Fsp3) is 0.600. The Labute approximate surface area is 155 Å². The summed E-state index contributed by atoms with van der Waals surface area (Å²) in [6.07, 6.45) is 1.81. The quantitative estimate of drug-likeness (QED) is 0.789. The topological polar surface area (TPSA) is 67.9 Å². The van der Waals surface area contributed by atoms with Crippen LogP contribution in [-0.2, 0) is 9.53 Å². The normalized spacial score (nSPS) is 15.4. The van der Waals surface area contributed by atoms with E-state index in [1.165, 1.54) is 0 Å². The highest BCUT2D eigenvalue weighted by molar-refractivity contribution is 5.79. The zero-order chi connectivity index (χ0) is 19.0. The number of ether oxygens (including phenoxy) is 2. The first-order chi connectivity index (χ1) is 12.3. The van der Waals surface area contributed by atoms with Crippen LogP contribution in [0.25, 0.3) is 0 Å². The molecule has 1 saturated heterocycles. The van der Waals surface area contributed by atoms with Gasteiger partial charge in [-0.15, -0.1) is 0 Å². The van der Waals surface area contributed by atoms with E-state index in [1.807, 2.05) is 51.1 Å². The predicted molar refractivity (Wildman–Crippen MR) is 100 cm³/mol. The molecule has 2 amide bonds. The summed E-state index contributed by atoms with van der Waals surface area (Å²) in [6, 6.07) is 9.64. The van der Waals surface area contributed by atoms with Gasteiger partial charge in [-0.2, -0.15) is 0 Å². The van der Waals surface area contributed by atoms with E-state index in [1.54, 1.807) is 4.90 Å². The summed E-state index contributed by atoms with van der Waals surface area (Å²) < 4.78 is 11.0. The van der Waals surface area contributed by atoms with Gasteiger partial charge in [0.1, 0.15) is 11.4 Å². The second kappa shape index (κ2) is 9.46. The Balaban J connectivity index is 1.60. The number of hydrogen-bond acceptors (Lipinski definition) is 4. The van der Waals surface area contributed by atoms with Gasteiger partial charge in [-0.25, -0.2) is 4.79 Å². The van der Waals surface area contributed by atoms with Gasteiger partial charge in [0.05, 0.1) is 6.61 Å². The number of carbonyl (C=O) groups is 2. The van der Waals surface area contributed by atoms with E-state index in [4.69, 9.17) is 9.47 Å². The van der Waals surface area contributed by atoms with Crippen molar-refractivity contribution < 1.29 is 19.1 Å². The van der Waals surface area contributed by atoms with Crippen LogP contribution in [0, 0.1) is 5.92 Å². The largest absolute Gasteiger partial charge is 0.494 e. The fourth-order valence-corrected chi connectivity index (χ4v) is 2.79. The summed E-state index contributed by atoms with van der Waals surface area (Å²) >= 11 is 0. The van der Waals surface area contributed by atoms with E-state index in [9.17, 15) is 9.59 Å². The zero-order valence-corrected chi connectivity index (χ0v) is 16.0. The Morgan fingerprint density at radius 3 is 2.42 bits per heavy atom. The summed E-state index contributed by atoms with van der Waals surface area (Å²) in [7, 11) is 0. The molecular weight excluding hydrogens is 332 g/mol. The molecule has 0 atom stereocenters. The maximum absolute atomic E-state index is 12.2. The molecule has 0 aromatic heterocycles. The van der Waals surface area contributed by atoms with E-state index in [0.717, 1.165) is 12.2 Å². The molecule has 1 aliphatic rings. The van der Waals surface area contributed by atoms with Gasteiger partial charge in [-0.05, 0) is 52.2 Å². The first kappa shape index (κ1) is 20.1.